The smallest absolute Gasteiger partial charge is 0.254 e. The summed E-state index contributed by atoms with van der Waals surface area (Å²) in [5.41, 5.74) is 0.925. The number of fused-ring (bicyclic) bond motifs is 1. The van der Waals surface area contributed by atoms with Crippen molar-refractivity contribution in [3.8, 4) is 0 Å². The van der Waals surface area contributed by atoms with Crippen molar-refractivity contribution in [2.24, 2.45) is 5.92 Å². The molecule has 2 atom stereocenters. The average Bonchev–Trinajstić information content (AvgIpc) is 3.16. The zero-order valence-corrected chi connectivity index (χ0v) is 16.2. The first-order valence-electron chi connectivity index (χ1n) is 8.64. The van der Waals surface area contributed by atoms with E-state index in [2.05, 4.69) is 41.4 Å². The monoisotopic (exact) mass is 446 g/mol. The number of halogens is 2. The number of benzene rings is 1. The van der Waals surface area contributed by atoms with Crippen molar-refractivity contribution in [3.63, 3.8) is 0 Å². The number of amides is 2. The van der Waals surface area contributed by atoms with Crippen LogP contribution >= 0.6 is 15.9 Å². The Morgan fingerprint density at radius 2 is 2.04 bits per heavy atom. The Morgan fingerprint density at radius 1 is 1.29 bits per heavy atom. The third-order valence-electron chi connectivity index (χ3n) is 4.45. The molecule has 1 aromatic carbocycles. The average molecular weight is 447 g/mol. The fourth-order valence-corrected chi connectivity index (χ4v) is 3.08. The molecule has 2 N–H and O–H groups in total. The number of aromatic nitrogens is 4. The van der Waals surface area contributed by atoms with Gasteiger partial charge in [-0.3, -0.25) is 20.0 Å². The second-order valence-corrected chi connectivity index (χ2v) is 7.54. The van der Waals surface area contributed by atoms with Gasteiger partial charge < -0.3 is 4.90 Å². The molecule has 1 aliphatic carbocycles. The van der Waals surface area contributed by atoms with Gasteiger partial charge in [0, 0.05) is 28.7 Å². The van der Waals surface area contributed by atoms with Gasteiger partial charge in [-0.2, -0.15) is 10.1 Å². The summed E-state index contributed by atoms with van der Waals surface area (Å²) >= 11 is 3.32. The summed E-state index contributed by atoms with van der Waals surface area (Å²) in [5, 5.41) is 9.83. The van der Waals surface area contributed by atoms with Crippen LogP contribution in [-0.2, 0) is 4.79 Å². The third kappa shape index (κ3) is 4.16. The number of anilines is 1. The van der Waals surface area contributed by atoms with Crippen LogP contribution in [0, 0.1) is 5.92 Å². The lowest BCUT2D eigenvalue weighted by Gasteiger charge is -2.22. The number of hydrogen-bond acceptors (Lipinski definition) is 5. The number of nitrogens with one attached hydrogen (secondary N) is 2. The number of nitrogens with zero attached hydrogens (tertiary/aromatic N) is 4. The van der Waals surface area contributed by atoms with Gasteiger partial charge in [-0.15, -0.1) is 0 Å². The van der Waals surface area contributed by atoms with E-state index in [-0.39, 0.29) is 30.9 Å². The molecule has 0 spiro atoms. The first-order chi connectivity index (χ1) is 13.5. The van der Waals surface area contributed by atoms with Crippen molar-refractivity contribution in [1.29, 1.82) is 0 Å². The van der Waals surface area contributed by atoms with E-state index in [0.717, 1.165) is 4.47 Å². The lowest BCUT2D eigenvalue weighted by molar-refractivity contribution is -0.117. The van der Waals surface area contributed by atoms with Gasteiger partial charge in [-0.1, -0.05) is 15.9 Å². The van der Waals surface area contributed by atoms with E-state index in [0.29, 0.717) is 23.0 Å². The van der Waals surface area contributed by atoms with Crippen LogP contribution in [0.15, 0.2) is 41.1 Å². The number of rotatable bonds is 6. The quantitative estimate of drug-likeness (QED) is 0.605. The molecular weight excluding hydrogens is 431 g/mol. The maximum Gasteiger partial charge on any atom is 0.254 e. The SMILES string of the molecule is O=C(CN(CC1CC1F)C(=O)c1ccc(Br)cc1)Nc1ncc2cn[nH]c2n1. The summed E-state index contributed by atoms with van der Waals surface area (Å²) < 4.78 is 14.2. The molecule has 2 amide bonds. The minimum absolute atomic E-state index is 0.104. The standard InChI is InChI=1S/C18H16BrFN6O2/c19-13-3-1-10(2-4-13)17(28)26(8-11-5-14(11)20)9-15(27)23-18-21-6-12-7-22-25-16(12)24-18/h1-4,6-7,11,14H,5,8-9H2,(H2,21,22,23,24,25,27). The lowest BCUT2D eigenvalue weighted by Crippen LogP contribution is -2.39. The Bertz CT molecular complexity index is 1020. The molecule has 0 bridgehead atoms. The van der Waals surface area contributed by atoms with E-state index in [1.54, 1.807) is 30.5 Å². The number of alkyl halides is 1. The van der Waals surface area contributed by atoms with E-state index in [4.69, 9.17) is 0 Å². The van der Waals surface area contributed by atoms with E-state index in [9.17, 15) is 14.0 Å². The molecule has 0 saturated heterocycles. The van der Waals surface area contributed by atoms with Gasteiger partial charge in [0.15, 0.2) is 5.65 Å². The highest BCUT2D eigenvalue weighted by Crippen LogP contribution is 2.34. The van der Waals surface area contributed by atoms with Crippen LogP contribution in [-0.4, -0.2) is 56.1 Å². The molecule has 2 heterocycles. The van der Waals surface area contributed by atoms with Crippen molar-refractivity contribution in [3.05, 3.63) is 46.7 Å². The van der Waals surface area contributed by atoms with Crippen LogP contribution in [0.1, 0.15) is 16.8 Å². The zero-order valence-electron chi connectivity index (χ0n) is 14.6. The molecule has 0 aliphatic heterocycles. The summed E-state index contributed by atoms with van der Waals surface area (Å²) in [6.07, 6.45) is 2.59. The van der Waals surface area contributed by atoms with Gasteiger partial charge in [0.25, 0.3) is 5.91 Å². The normalized spacial score (nSPS) is 18.1. The molecule has 2 aromatic heterocycles. The van der Waals surface area contributed by atoms with Crippen LogP contribution in [0.5, 0.6) is 0 Å². The predicted octanol–water partition coefficient (Wildman–Crippen LogP) is 2.55. The van der Waals surface area contributed by atoms with Gasteiger partial charge in [-0.25, -0.2) is 9.37 Å². The van der Waals surface area contributed by atoms with Gasteiger partial charge in [0.05, 0.1) is 11.6 Å². The maximum atomic E-state index is 13.4. The first-order valence-corrected chi connectivity index (χ1v) is 9.44. The second-order valence-electron chi connectivity index (χ2n) is 6.62. The van der Waals surface area contributed by atoms with E-state index in [1.807, 2.05) is 0 Å². The number of hydrogen-bond donors (Lipinski definition) is 2. The highest BCUT2D eigenvalue weighted by Gasteiger charge is 2.40. The van der Waals surface area contributed by atoms with Crippen LogP contribution < -0.4 is 5.32 Å². The highest BCUT2D eigenvalue weighted by molar-refractivity contribution is 9.10. The number of aromatic amines is 1. The summed E-state index contributed by atoms with van der Waals surface area (Å²) in [7, 11) is 0. The summed E-state index contributed by atoms with van der Waals surface area (Å²) in [4.78, 5) is 34.8. The van der Waals surface area contributed by atoms with Crippen molar-refractivity contribution < 1.29 is 14.0 Å². The minimum atomic E-state index is -0.922. The fraction of sp³-hybridized carbons (Fsp3) is 0.278. The number of carbonyl (C=O) groups is 2. The molecule has 8 nitrogen and oxygen atoms in total. The molecule has 4 rings (SSSR count). The van der Waals surface area contributed by atoms with Gasteiger partial charge >= 0.3 is 0 Å². The highest BCUT2D eigenvalue weighted by atomic mass is 79.9. The largest absolute Gasteiger partial charge is 0.329 e. The number of H-pyrrole nitrogens is 1. The van der Waals surface area contributed by atoms with E-state index < -0.39 is 12.1 Å². The molecule has 0 radical (unpaired) electrons. The Balaban J connectivity index is 1.47. The molecule has 2 unspecified atom stereocenters. The summed E-state index contributed by atoms with van der Waals surface area (Å²) in [5.74, 6) is -0.913. The van der Waals surface area contributed by atoms with Crippen molar-refractivity contribution >= 4 is 44.7 Å². The van der Waals surface area contributed by atoms with Crippen molar-refractivity contribution in [2.75, 3.05) is 18.4 Å². The Kier molecular flexibility index (Phi) is 5.03. The van der Waals surface area contributed by atoms with Crippen molar-refractivity contribution in [2.45, 2.75) is 12.6 Å². The Morgan fingerprint density at radius 3 is 2.75 bits per heavy atom. The second kappa shape index (κ2) is 7.63. The molecule has 1 saturated carbocycles. The maximum absolute atomic E-state index is 13.4. The molecule has 3 aromatic rings. The molecule has 1 fully saturated rings. The molecule has 144 valence electrons. The topological polar surface area (TPSA) is 104 Å². The van der Waals surface area contributed by atoms with Gasteiger partial charge in [0.1, 0.15) is 12.7 Å². The molecule has 1 aliphatic rings. The van der Waals surface area contributed by atoms with Crippen molar-refractivity contribution in [1.82, 2.24) is 25.1 Å². The first kappa shape index (κ1) is 18.5. The third-order valence-corrected chi connectivity index (χ3v) is 4.98. The molecule has 10 heteroatoms. The molecular formula is C18H16BrFN6O2. The van der Waals surface area contributed by atoms with Crippen LogP contribution in [0.4, 0.5) is 10.3 Å². The van der Waals surface area contributed by atoms with Gasteiger partial charge in [-0.05, 0) is 30.7 Å². The zero-order chi connectivity index (χ0) is 19.7. The van der Waals surface area contributed by atoms with Gasteiger partial charge in [0.2, 0.25) is 11.9 Å². The van der Waals surface area contributed by atoms with E-state index in [1.165, 1.54) is 11.1 Å². The van der Waals surface area contributed by atoms with Crippen LogP contribution in [0.3, 0.4) is 0 Å². The minimum Gasteiger partial charge on any atom is -0.329 e. The summed E-state index contributed by atoms with van der Waals surface area (Å²) in [6, 6.07) is 6.81. The molecule has 28 heavy (non-hydrogen) atoms. The fourth-order valence-electron chi connectivity index (χ4n) is 2.81. The van der Waals surface area contributed by atoms with Crippen LogP contribution in [0.2, 0.25) is 0 Å². The Hall–Kier alpha value is -2.88. The Labute approximate surface area is 167 Å². The summed E-state index contributed by atoms with van der Waals surface area (Å²) in [6.45, 7) is -0.0353. The predicted molar refractivity (Wildman–Crippen MR) is 103 cm³/mol. The lowest BCUT2D eigenvalue weighted by atomic mass is 10.2. The van der Waals surface area contributed by atoms with Crippen LogP contribution in [0.25, 0.3) is 11.0 Å². The number of carbonyl (C=O) groups excluding carboxylic acids is 2. The van der Waals surface area contributed by atoms with E-state index >= 15 is 0 Å².